The van der Waals surface area contributed by atoms with E-state index >= 15 is 0 Å². The third-order valence-corrected chi connectivity index (χ3v) is 5.34. The van der Waals surface area contributed by atoms with Crippen LogP contribution in [0.1, 0.15) is 50.2 Å². The van der Waals surface area contributed by atoms with Crippen molar-refractivity contribution in [1.29, 1.82) is 0 Å². The molecule has 0 spiro atoms. The van der Waals surface area contributed by atoms with E-state index in [4.69, 9.17) is 0 Å². The molecule has 1 aliphatic heterocycles. The molecule has 0 radical (unpaired) electrons. The molecule has 2 aromatic rings. The largest absolute Gasteiger partial charge is 0.389 e. The second kappa shape index (κ2) is 9.71. The molecule has 1 atom stereocenters. The van der Waals surface area contributed by atoms with Crippen LogP contribution in [0, 0.1) is 5.82 Å². The molecule has 1 heterocycles. The van der Waals surface area contributed by atoms with Crippen LogP contribution in [0.3, 0.4) is 0 Å². The van der Waals surface area contributed by atoms with Crippen molar-refractivity contribution in [1.82, 2.24) is 10.3 Å². The Kier molecular flexibility index (Phi) is 7.21. The van der Waals surface area contributed by atoms with E-state index in [1.165, 1.54) is 17.1 Å². The number of urea groups is 1. The second-order valence-corrected chi connectivity index (χ2v) is 8.72. The number of alkyl halides is 3. The van der Waals surface area contributed by atoms with Gasteiger partial charge in [0, 0.05) is 23.6 Å². The van der Waals surface area contributed by atoms with Gasteiger partial charge in [-0.15, -0.1) is 0 Å². The van der Waals surface area contributed by atoms with E-state index < -0.39 is 24.2 Å². The number of nitrogens with zero attached hydrogens (tertiary/aromatic N) is 2. The first-order valence-electron chi connectivity index (χ1n) is 10.6. The minimum atomic E-state index is -4.22. The summed E-state index contributed by atoms with van der Waals surface area (Å²) in [6, 6.07) is 15.0. The van der Waals surface area contributed by atoms with Crippen LogP contribution >= 0.6 is 0 Å². The number of hydrogen-bond donors (Lipinski definition) is 1. The summed E-state index contributed by atoms with van der Waals surface area (Å²) < 4.78 is 51.0. The van der Waals surface area contributed by atoms with Crippen molar-refractivity contribution in [2.24, 2.45) is 5.10 Å². The van der Waals surface area contributed by atoms with Crippen molar-refractivity contribution in [3.8, 4) is 0 Å². The molecule has 172 valence electrons. The minimum absolute atomic E-state index is 0.0722. The molecule has 2 amide bonds. The predicted molar refractivity (Wildman–Crippen MR) is 116 cm³/mol. The normalized spacial score (nSPS) is 16.8. The molecule has 3 rings (SSSR count). The molecule has 4 nitrogen and oxygen atoms in total. The molecular formula is C24H27F4N3O. The highest BCUT2D eigenvalue weighted by atomic mass is 19.4. The number of hydrazone groups is 1. The van der Waals surface area contributed by atoms with Gasteiger partial charge >= 0.3 is 12.2 Å². The Morgan fingerprint density at radius 1 is 1.09 bits per heavy atom. The van der Waals surface area contributed by atoms with E-state index in [-0.39, 0.29) is 31.1 Å². The summed E-state index contributed by atoms with van der Waals surface area (Å²) in [5.41, 5.74) is 1.73. The summed E-state index contributed by atoms with van der Waals surface area (Å²) in [5.74, 6) is -0.567. The van der Waals surface area contributed by atoms with Gasteiger partial charge in [0.1, 0.15) is 5.82 Å². The zero-order valence-corrected chi connectivity index (χ0v) is 18.1. The third-order valence-electron chi connectivity index (χ3n) is 5.34. The van der Waals surface area contributed by atoms with Crippen LogP contribution in [0.25, 0.3) is 0 Å². The summed E-state index contributed by atoms with van der Waals surface area (Å²) in [6.45, 7) is 3.98. The molecule has 32 heavy (non-hydrogen) atoms. The van der Waals surface area contributed by atoms with Crippen molar-refractivity contribution in [2.45, 2.75) is 57.2 Å². The fourth-order valence-electron chi connectivity index (χ4n) is 3.86. The van der Waals surface area contributed by atoms with Crippen molar-refractivity contribution in [2.75, 3.05) is 6.54 Å². The highest BCUT2D eigenvalue weighted by Gasteiger charge is 2.34. The number of carbonyl (C=O) groups is 1. The van der Waals surface area contributed by atoms with Crippen LogP contribution in [0.15, 0.2) is 59.7 Å². The Hall–Kier alpha value is -2.90. The monoisotopic (exact) mass is 449 g/mol. The van der Waals surface area contributed by atoms with Gasteiger partial charge in [-0.3, -0.25) is 0 Å². The van der Waals surface area contributed by atoms with Gasteiger partial charge in [-0.05, 0) is 56.4 Å². The molecule has 0 aliphatic carbocycles. The topological polar surface area (TPSA) is 44.7 Å². The van der Waals surface area contributed by atoms with E-state index in [1.807, 2.05) is 44.2 Å². The fraction of sp³-hybridized carbons (Fsp3) is 0.417. The molecule has 0 fully saturated rings. The van der Waals surface area contributed by atoms with Crippen LogP contribution in [0.5, 0.6) is 0 Å². The lowest BCUT2D eigenvalue weighted by atomic mass is 9.92. The molecular weight excluding hydrogens is 422 g/mol. The van der Waals surface area contributed by atoms with Crippen molar-refractivity contribution in [3.63, 3.8) is 0 Å². The van der Waals surface area contributed by atoms with Gasteiger partial charge < -0.3 is 5.32 Å². The van der Waals surface area contributed by atoms with Crippen molar-refractivity contribution < 1.29 is 22.4 Å². The first-order valence-corrected chi connectivity index (χ1v) is 10.6. The third kappa shape index (κ3) is 6.80. The Morgan fingerprint density at radius 2 is 1.75 bits per heavy atom. The van der Waals surface area contributed by atoms with E-state index in [0.29, 0.717) is 12.1 Å². The zero-order valence-electron chi connectivity index (χ0n) is 18.1. The van der Waals surface area contributed by atoms with Crippen LogP contribution in [0.4, 0.5) is 22.4 Å². The maximum Gasteiger partial charge on any atom is 0.389 e. The van der Waals surface area contributed by atoms with Crippen LogP contribution in [0.2, 0.25) is 0 Å². The number of nitrogens with one attached hydrogen (secondary N) is 1. The van der Waals surface area contributed by atoms with Crippen LogP contribution < -0.4 is 5.32 Å². The summed E-state index contributed by atoms with van der Waals surface area (Å²) in [4.78, 5) is 12.9. The highest BCUT2D eigenvalue weighted by molar-refractivity contribution is 5.94. The van der Waals surface area contributed by atoms with Crippen molar-refractivity contribution in [3.05, 3.63) is 71.5 Å². The lowest BCUT2D eigenvalue weighted by Crippen LogP contribution is -2.49. The standard InChI is InChI=1S/C24H27F4N3O/c1-23(2,15-17-10-12-19(25)13-11-17)29-22(32)31-16-20(18-7-4-3-5-8-18)21(30-31)9-6-14-24(26,27)28/h3-5,7-8,10-13,20H,6,9,14-16H2,1-2H3,(H,29,32). The lowest BCUT2D eigenvalue weighted by Gasteiger charge is -2.28. The predicted octanol–water partition coefficient (Wildman–Crippen LogP) is 6.04. The van der Waals surface area contributed by atoms with Gasteiger partial charge in [-0.1, -0.05) is 42.5 Å². The second-order valence-electron chi connectivity index (χ2n) is 8.72. The summed E-state index contributed by atoms with van der Waals surface area (Å²) in [7, 11) is 0. The maximum absolute atomic E-state index is 13.1. The Balaban J connectivity index is 1.69. The molecule has 1 aliphatic rings. The van der Waals surface area contributed by atoms with Crippen molar-refractivity contribution >= 4 is 11.7 Å². The lowest BCUT2D eigenvalue weighted by molar-refractivity contribution is -0.135. The van der Waals surface area contributed by atoms with Gasteiger partial charge in [0.15, 0.2) is 0 Å². The SMILES string of the molecule is CC(C)(Cc1ccc(F)cc1)NC(=O)N1CC(c2ccccc2)C(CCCC(F)(F)F)=N1. The molecule has 0 saturated carbocycles. The molecule has 1 N–H and O–H groups in total. The molecule has 0 aromatic heterocycles. The quantitative estimate of drug-likeness (QED) is 0.515. The van der Waals surface area contributed by atoms with Gasteiger partial charge in [-0.2, -0.15) is 18.3 Å². The minimum Gasteiger partial charge on any atom is -0.331 e. The fourth-order valence-corrected chi connectivity index (χ4v) is 3.86. The maximum atomic E-state index is 13.1. The molecule has 1 unspecified atom stereocenters. The Bertz CT molecular complexity index is 940. The number of amides is 2. The molecule has 0 saturated heterocycles. The first kappa shape index (κ1) is 23.8. The van der Waals surface area contributed by atoms with Crippen LogP contribution in [-0.4, -0.2) is 35.0 Å². The number of benzene rings is 2. The molecule has 2 aromatic carbocycles. The highest BCUT2D eigenvalue weighted by Crippen LogP contribution is 2.30. The molecule has 8 heteroatoms. The van der Waals surface area contributed by atoms with Gasteiger partial charge in [0.25, 0.3) is 0 Å². The smallest absolute Gasteiger partial charge is 0.331 e. The van der Waals surface area contributed by atoms with Crippen LogP contribution in [-0.2, 0) is 6.42 Å². The first-order chi connectivity index (χ1) is 15.0. The number of hydrogen-bond acceptors (Lipinski definition) is 2. The summed E-state index contributed by atoms with van der Waals surface area (Å²) in [6.07, 6.45) is -4.52. The molecule has 0 bridgehead atoms. The van der Waals surface area contributed by atoms with Gasteiger partial charge in [0.2, 0.25) is 0 Å². The van der Waals surface area contributed by atoms with Gasteiger partial charge in [-0.25, -0.2) is 14.2 Å². The average Bonchev–Trinajstić information content (AvgIpc) is 3.13. The number of carbonyl (C=O) groups excluding carboxylic acids is 1. The van der Waals surface area contributed by atoms with E-state index in [0.717, 1.165) is 11.1 Å². The Labute approximate surface area is 185 Å². The van der Waals surface area contributed by atoms with E-state index in [1.54, 1.807) is 12.1 Å². The number of rotatable bonds is 7. The average molecular weight is 449 g/mol. The summed E-state index contributed by atoms with van der Waals surface area (Å²) in [5, 5.41) is 8.63. The van der Waals surface area contributed by atoms with Gasteiger partial charge in [0.05, 0.1) is 6.54 Å². The van der Waals surface area contributed by atoms with E-state index in [9.17, 15) is 22.4 Å². The zero-order chi connectivity index (χ0) is 23.4. The van der Waals surface area contributed by atoms with E-state index in [2.05, 4.69) is 10.4 Å². The number of halogens is 4. The Morgan fingerprint density at radius 3 is 2.38 bits per heavy atom. The summed E-state index contributed by atoms with van der Waals surface area (Å²) >= 11 is 0.